The lowest BCUT2D eigenvalue weighted by Crippen LogP contribution is -2.52. The highest BCUT2D eigenvalue weighted by Gasteiger charge is 2.52. The van der Waals surface area contributed by atoms with E-state index in [4.69, 9.17) is 25.5 Å². The Morgan fingerprint density at radius 3 is 2.30 bits per heavy atom. The van der Waals surface area contributed by atoms with E-state index in [1.165, 1.54) is 12.0 Å². The Morgan fingerprint density at radius 1 is 1.18 bits per heavy atom. The lowest BCUT2D eigenvalue weighted by molar-refractivity contribution is -0.152. The van der Waals surface area contributed by atoms with Gasteiger partial charge in [0.2, 0.25) is 0 Å². The van der Waals surface area contributed by atoms with Crippen LogP contribution < -0.4 is 9.74 Å². The van der Waals surface area contributed by atoms with Gasteiger partial charge in [0.05, 0.1) is 12.8 Å². The Kier molecular flexibility index (Phi) is 7.76. The van der Waals surface area contributed by atoms with E-state index in [1.54, 1.807) is 33.8 Å². The molecule has 0 radical (unpaired) electrons. The van der Waals surface area contributed by atoms with Crippen LogP contribution in [0.1, 0.15) is 54.9 Å². The van der Waals surface area contributed by atoms with Crippen molar-refractivity contribution >= 4 is 37.7 Å². The summed E-state index contributed by atoms with van der Waals surface area (Å²) in [4.78, 5) is 27.1. The minimum absolute atomic E-state index is 0.0108. The fourth-order valence-corrected chi connectivity index (χ4v) is 4.71. The van der Waals surface area contributed by atoms with Gasteiger partial charge in [-0.25, -0.2) is 9.59 Å². The Bertz CT molecular complexity index is 894. The summed E-state index contributed by atoms with van der Waals surface area (Å²) in [6.07, 6.45) is -0.185. The molecule has 2 atom stereocenters. The summed E-state index contributed by atoms with van der Waals surface area (Å²) in [5, 5.41) is 4.06. The van der Waals surface area contributed by atoms with Gasteiger partial charge >= 0.3 is 12.1 Å². The van der Waals surface area contributed by atoms with Crippen LogP contribution in [0.15, 0.2) is 18.2 Å². The van der Waals surface area contributed by atoms with Crippen LogP contribution in [0.3, 0.4) is 0 Å². The Balaban J connectivity index is 2.34. The number of benzene rings is 1. The number of hydrogen-bond acceptors (Lipinski definition) is 6. The second kappa shape index (κ2) is 9.37. The van der Waals surface area contributed by atoms with Crippen LogP contribution in [0.5, 0.6) is 5.75 Å². The lowest BCUT2D eigenvalue weighted by atomic mass is 9.97. The van der Waals surface area contributed by atoms with Crippen molar-refractivity contribution in [1.82, 2.24) is 4.90 Å². The van der Waals surface area contributed by atoms with Gasteiger partial charge < -0.3 is 19.2 Å². The van der Waals surface area contributed by atoms with Gasteiger partial charge in [-0.1, -0.05) is 32.4 Å². The SMILES string of the molecule is COC(=O)C1(C)CC(Nc2ccc(Cl)cc2O[Si](C)(C)C(C)(C)C)CN1C(=O)OC(C)(C)C. The fraction of sp³-hybridized carbons (Fsp3) is 0.667. The molecule has 1 saturated heterocycles. The zero-order valence-corrected chi connectivity index (χ0v) is 23.3. The number of halogens is 1. The quantitative estimate of drug-likeness (QED) is 0.391. The molecule has 1 aromatic carbocycles. The molecule has 1 aliphatic heterocycles. The van der Waals surface area contributed by atoms with Crippen molar-refractivity contribution < 1.29 is 23.5 Å². The first-order chi connectivity index (χ1) is 14.9. The number of carbonyl (C=O) groups is 2. The summed E-state index contributed by atoms with van der Waals surface area (Å²) in [6.45, 7) is 18.2. The maximum atomic E-state index is 12.9. The number of likely N-dealkylation sites (tertiary alicyclic amines) is 1. The third-order valence-corrected chi connectivity index (χ3v) is 10.9. The molecule has 33 heavy (non-hydrogen) atoms. The number of anilines is 1. The summed E-state index contributed by atoms with van der Waals surface area (Å²) in [7, 11) is -0.798. The van der Waals surface area contributed by atoms with Crippen LogP contribution >= 0.6 is 11.6 Å². The van der Waals surface area contributed by atoms with Gasteiger partial charge in [0.25, 0.3) is 8.32 Å². The fourth-order valence-electron chi connectivity index (χ4n) is 3.53. The van der Waals surface area contributed by atoms with Crippen LogP contribution in [0, 0.1) is 0 Å². The van der Waals surface area contributed by atoms with E-state index in [1.807, 2.05) is 12.1 Å². The van der Waals surface area contributed by atoms with Crippen molar-refractivity contribution in [2.24, 2.45) is 0 Å². The number of nitrogens with zero attached hydrogens (tertiary/aromatic N) is 1. The van der Waals surface area contributed by atoms with E-state index in [9.17, 15) is 9.59 Å². The zero-order valence-electron chi connectivity index (χ0n) is 21.6. The number of methoxy groups -OCH3 is 1. The summed E-state index contributed by atoms with van der Waals surface area (Å²) in [5.74, 6) is 0.191. The molecule has 7 nitrogen and oxygen atoms in total. The molecule has 186 valence electrons. The number of ether oxygens (including phenoxy) is 2. The molecule has 0 bridgehead atoms. The smallest absolute Gasteiger partial charge is 0.411 e. The molecule has 1 fully saturated rings. The molecular formula is C24H39ClN2O5Si. The second-order valence-electron chi connectivity index (χ2n) is 11.4. The van der Waals surface area contributed by atoms with E-state index in [0.717, 1.165) is 5.69 Å². The third kappa shape index (κ3) is 6.35. The number of rotatable bonds is 5. The number of esters is 1. The third-order valence-electron chi connectivity index (χ3n) is 6.36. The second-order valence-corrected chi connectivity index (χ2v) is 16.6. The van der Waals surface area contributed by atoms with Gasteiger partial charge in [0, 0.05) is 24.0 Å². The van der Waals surface area contributed by atoms with Crippen molar-refractivity contribution in [3.63, 3.8) is 0 Å². The van der Waals surface area contributed by atoms with Gasteiger partial charge in [-0.3, -0.25) is 4.90 Å². The summed E-state index contributed by atoms with van der Waals surface area (Å²) >= 11 is 6.29. The number of nitrogens with one attached hydrogen (secondary N) is 1. The van der Waals surface area contributed by atoms with Crippen LogP contribution in [-0.4, -0.2) is 56.1 Å². The van der Waals surface area contributed by atoms with Crippen molar-refractivity contribution in [3.8, 4) is 5.75 Å². The van der Waals surface area contributed by atoms with E-state index < -0.39 is 31.5 Å². The first-order valence-corrected chi connectivity index (χ1v) is 14.5. The monoisotopic (exact) mass is 498 g/mol. The molecule has 1 aromatic rings. The van der Waals surface area contributed by atoms with E-state index in [2.05, 4.69) is 39.2 Å². The van der Waals surface area contributed by atoms with Gasteiger partial charge in [0.1, 0.15) is 16.9 Å². The van der Waals surface area contributed by atoms with Gasteiger partial charge in [-0.15, -0.1) is 0 Å². The zero-order chi connectivity index (χ0) is 25.4. The molecule has 1 N–H and O–H groups in total. The highest BCUT2D eigenvalue weighted by atomic mass is 35.5. The highest BCUT2D eigenvalue weighted by Crippen LogP contribution is 2.41. The topological polar surface area (TPSA) is 77.1 Å². The van der Waals surface area contributed by atoms with Gasteiger partial charge in [0.15, 0.2) is 0 Å². The van der Waals surface area contributed by atoms with Crippen molar-refractivity contribution in [3.05, 3.63) is 23.2 Å². The van der Waals surface area contributed by atoms with Crippen LogP contribution in [0.4, 0.5) is 10.5 Å². The molecule has 0 aromatic heterocycles. The Morgan fingerprint density at radius 2 is 1.79 bits per heavy atom. The first-order valence-electron chi connectivity index (χ1n) is 11.2. The molecule has 9 heteroatoms. The van der Waals surface area contributed by atoms with Gasteiger partial charge in [-0.05, 0) is 64.0 Å². The van der Waals surface area contributed by atoms with Crippen LogP contribution in [-0.2, 0) is 14.3 Å². The summed E-state index contributed by atoms with van der Waals surface area (Å²) in [6, 6.07) is 5.26. The molecule has 2 rings (SSSR count). The largest absolute Gasteiger partial charge is 0.542 e. The van der Waals surface area contributed by atoms with E-state index >= 15 is 0 Å². The van der Waals surface area contributed by atoms with E-state index in [0.29, 0.717) is 17.2 Å². The summed E-state index contributed by atoms with van der Waals surface area (Å²) < 4.78 is 17.1. The summed E-state index contributed by atoms with van der Waals surface area (Å²) in [5.41, 5.74) is -1.06. The van der Waals surface area contributed by atoms with E-state index in [-0.39, 0.29) is 17.6 Å². The molecule has 0 spiro atoms. The average molecular weight is 499 g/mol. The number of amides is 1. The average Bonchev–Trinajstić information content (AvgIpc) is 2.98. The Labute approximate surface area is 204 Å². The highest BCUT2D eigenvalue weighted by molar-refractivity contribution is 6.74. The van der Waals surface area contributed by atoms with Crippen molar-refractivity contribution in [2.75, 3.05) is 19.0 Å². The van der Waals surface area contributed by atoms with Gasteiger partial charge in [-0.2, -0.15) is 0 Å². The van der Waals surface area contributed by atoms with Crippen LogP contribution in [0.2, 0.25) is 23.2 Å². The lowest BCUT2D eigenvalue weighted by Gasteiger charge is -2.37. The normalized spacial score (nSPS) is 21.5. The molecule has 1 aliphatic rings. The maximum Gasteiger partial charge on any atom is 0.411 e. The molecule has 1 heterocycles. The molecule has 0 saturated carbocycles. The van der Waals surface area contributed by atoms with Crippen molar-refractivity contribution in [2.45, 2.75) is 90.2 Å². The number of hydrogen-bond donors (Lipinski definition) is 1. The molecule has 0 aliphatic carbocycles. The molecule has 2 unspecified atom stereocenters. The molecule has 1 amide bonds. The first kappa shape index (κ1) is 27.3. The standard InChI is InChI=1S/C24H39ClN2O5Si/c1-22(2,3)31-21(29)27-15-17(14-24(27,7)20(28)30-8)26-18-12-11-16(25)13-19(18)32-33(9,10)23(4,5)6/h11-13,17,26H,14-15H2,1-10H3. The maximum absolute atomic E-state index is 12.9. The number of carbonyl (C=O) groups excluding carboxylic acids is 2. The van der Waals surface area contributed by atoms with Crippen LogP contribution in [0.25, 0.3) is 0 Å². The predicted molar refractivity (Wildman–Crippen MR) is 135 cm³/mol. The minimum Gasteiger partial charge on any atom is -0.542 e. The molecular weight excluding hydrogens is 460 g/mol. The Hall–Kier alpha value is -1.93. The predicted octanol–water partition coefficient (Wildman–Crippen LogP) is 6.08. The van der Waals surface area contributed by atoms with Crippen molar-refractivity contribution in [1.29, 1.82) is 0 Å². The minimum atomic E-state index is -2.12.